The number of hydrogen-bond donors (Lipinski definition) is 2. The monoisotopic (exact) mass is 528 g/mol. The van der Waals surface area contributed by atoms with Crippen LogP contribution >= 0.6 is 11.3 Å². The second-order valence-corrected chi connectivity index (χ2v) is 10.5. The zero-order chi connectivity index (χ0) is 26.7. The van der Waals surface area contributed by atoms with Crippen LogP contribution in [0.1, 0.15) is 35.2 Å². The Kier molecular flexibility index (Phi) is 5.61. The van der Waals surface area contributed by atoms with Gasteiger partial charge in [0.15, 0.2) is 16.6 Å². The molecular weight excluding hydrogens is 504 g/mol. The summed E-state index contributed by atoms with van der Waals surface area (Å²) >= 11 is 1.29. The minimum atomic E-state index is -0.991. The van der Waals surface area contributed by atoms with E-state index in [1.54, 1.807) is 30.3 Å². The van der Waals surface area contributed by atoms with Crippen LogP contribution in [-0.4, -0.2) is 40.1 Å². The number of aryl methyl sites for hydroxylation is 1. The van der Waals surface area contributed by atoms with Gasteiger partial charge in [0.2, 0.25) is 0 Å². The molecular formula is C29H24N2O6S. The lowest BCUT2D eigenvalue weighted by Gasteiger charge is -2.23. The summed E-state index contributed by atoms with van der Waals surface area (Å²) in [7, 11) is 1.42. The van der Waals surface area contributed by atoms with Crippen LogP contribution in [0.4, 0.5) is 5.13 Å². The van der Waals surface area contributed by atoms with Gasteiger partial charge in [-0.1, -0.05) is 23.5 Å². The van der Waals surface area contributed by atoms with Crippen molar-refractivity contribution in [2.45, 2.75) is 32.4 Å². The van der Waals surface area contributed by atoms with Crippen LogP contribution in [0.3, 0.4) is 0 Å². The highest BCUT2D eigenvalue weighted by Crippen LogP contribution is 2.46. The fourth-order valence-corrected chi connectivity index (χ4v) is 6.15. The number of aliphatic hydroxyl groups is 1. The molecule has 3 heterocycles. The van der Waals surface area contributed by atoms with E-state index >= 15 is 0 Å². The van der Waals surface area contributed by atoms with Gasteiger partial charge >= 0.3 is 5.91 Å². The Morgan fingerprint density at radius 2 is 1.95 bits per heavy atom. The number of amides is 1. The molecule has 0 radical (unpaired) electrons. The predicted octanol–water partition coefficient (Wildman–Crippen LogP) is 5.27. The van der Waals surface area contributed by atoms with Crippen molar-refractivity contribution in [3.05, 3.63) is 82.4 Å². The van der Waals surface area contributed by atoms with E-state index in [-0.39, 0.29) is 28.9 Å². The number of ether oxygens (including phenoxy) is 2. The topological polar surface area (TPSA) is 109 Å². The number of aromatic hydroxyl groups is 1. The highest BCUT2D eigenvalue weighted by molar-refractivity contribution is 7.22. The second-order valence-electron chi connectivity index (χ2n) is 9.52. The van der Waals surface area contributed by atoms with Gasteiger partial charge in [-0.05, 0) is 73.0 Å². The highest BCUT2D eigenvalue weighted by atomic mass is 32.1. The summed E-state index contributed by atoms with van der Waals surface area (Å²) in [6, 6.07) is 14.6. The van der Waals surface area contributed by atoms with Crippen LogP contribution < -0.4 is 14.4 Å². The van der Waals surface area contributed by atoms with Gasteiger partial charge < -0.3 is 19.7 Å². The maximum atomic E-state index is 13.5. The Morgan fingerprint density at radius 1 is 1.13 bits per heavy atom. The first kappa shape index (κ1) is 24.0. The van der Waals surface area contributed by atoms with Crippen LogP contribution in [0.2, 0.25) is 0 Å². The molecule has 1 saturated heterocycles. The van der Waals surface area contributed by atoms with Crippen LogP contribution in [0, 0.1) is 6.92 Å². The fourth-order valence-electron chi connectivity index (χ4n) is 5.06. The van der Waals surface area contributed by atoms with Crippen LogP contribution in [0.15, 0.2) is 60.2 Å². The van der Waals surface area contributed by atoms with E-state index < -0.39 is 17.7 Å². The molecule has 192 valence electrons. The predicted molar refractivity (Wildman–Crippen MR) is 144 cm³/mol. The largest absolute Gasteiger partial charge is 0.507 e. The number of ketones is 1. The van der Waals surface area contributed by atoms with E-state index in [0.29, 0.717) is 28.2 Å². The van der Waals surface area contributed by atoms with Crippen LogP contribution in [0.5, 0.6) is 17.2 Å². The molecule has 1 fully saturated rings. The molecule has 0 aliphatic carbocycles. The molecule has 4 aromatic rings. The number of methoxy groups -OCH3 is 1. The minimum absolute atomic E-state index is 0.0140. The smallest absolute Gasteiger partial charge is 0.301 e. The average Bonchev–Trinajstić information content (AvgIpc) is 3.56. The van der Waals surface area contributed by atoms with Gasteiger partial charge in [0.1, 0.15) is 17.6 Å². The lowest BCUT2D eigenvalue weighted by molar-refractivity contribution is -0.132. The van der Waals surface area contributed by atoms with Crippen molar-refractivity contribution in [2.24, 2.45) is 0 Å². The van der Waals surface area contributed by atoms with Crippen molar-refractivity contribution >= 4 is 44.1 Å². The van der Waals surface area contributed by atoms with Gasteiger partial charge in [-0.3, -0.25) is 14.5 Å². The van der Waals surface area contributed by atoms with Gasteiger partial charge in [0, 0.05) is 12.0 Å². The number of Topliss-reactive ketones (excluding diaryl/α,β-unsaturated/α-hetero) is 1. The molecule has 0 saturated carbocycles. The fraction of sp³-hybridized carbons (Fsp3) is 0.207. The van der Waals surface area contributed by atoms with E-state index in [9.17, 15) is 19.8 Å². The number of hydrogen-bond acceptors (Lipinski definition) is 8. The van der Waals surface area contributed by atoms with Crippen LogP contribution in [-0.2, 0) is 16.0 Å². The molecule has 0 unspecified atom stereocenters. The van der Waals surface area contributed by atoms with Gasteiger partial charge in [0.25, 0.3) is 5.78 Å². The number of thiazole rings is 1. The number of rotatable bonds is 4. The van der Waals surface area contributed by atoms with Crippen molar-refractivity contribution in [1.29, 1.82) is 0 Å². The van der Waals surface area contributed by atoms with Gasteiger partial charge in [-0.15, -0.1) is 0 Å². The van der Waals surface area contributed by atoms with Gasteiger partial charge in [0.05, 0.1) is 28.9 Å². The summed E-state index contributed by atoms with van der Waals surface area (Å²) in [5, 5.41) is 22.0. The zero-order valence-electron chi connectivity index (χ0n) is 20.9. The highest BCUT2D eigenvalue weighted by Gasteiger charge is 2.48. The van der Waals surface area contributed by atoms with Crippen molar-refractivity contribution in [3.63, 3.8) is 0 Å². The number of anilines is 1. The quantitative estimate of drug-likeness (QED) is 0.211. The first-order chi connectivity index (χ1) is 18.2. The maximum absolute atomic E-state index is 13.5. The van der Waals surface area contributed by atoms with Crippen molar-refractivity contribution < 1.29 is 29.3 Å². The number of phenolic OH excluding ortho intramolecular Hbond substituents is 1. The third-order valence-corrected chi connectivity index (χ3v) is 7.89. The Hall–Kier alpha value is -4.37. The Labute approximate surface area is 222 Å². The zero-order valence-corrected chi connectivity index (χ0v) is 21.7. The summed E-state index contributed by atoms with van der Waals surface area (Å²) < 4.78 is 11.9. The summed E-state index contributed by atoms with van der Waals surface area (Å²) in [5.74, 6) is -1.08. The van der Waals surface area contributed by atoms with E-state index in [0.717, 1.165) is 21.6 Å². The SMILES string of the molecule is COc1cc([C@H]2C(=C(O)c3ccc4c(c3)C[C@H](C)O4)C(=O)C(=O)N2c2nc3ccc(C)cc3s2)ccc1O. The third kappa shape index (κ3) is 3.78. The lowest BCUT2D eigenvalue weighted by atomic mass is 9.94. The van der Waals surface area contributed by atoms with Gasteiger partial charge in [-0.2, -0.15) is 0 Å². The number of aromatic nitrogens is 1. The standard InChI is InChI=1S/C29H24N2O6S/c1-14-4-7-19-23(10-14)38-29(30-19)31-25(16-5-8-20(32)22(13-16)36-3)24(27(34)28(31)35)26(33)17-6-9-21-18(12-17)11-15(2)37-21/h4-10,12-13,15,25,32-33H,11H2,1-3H3/t15-,25-/m0/s1. The number of fused-ring (bicyclic) bond motifs is 2. The normalized spacial score (nSPS) is 20.1. The second kappa shape index (κ2) is 8.88. The molecule has 0 spiro atoms. The summed E-state index contributed by atoms with van der Waals surface area (Å²) in [4.78, 5) is 33.0. The minimum Gasteiger partial charge on any atom is -0.507 e. The Balaban J connectivity index is 1.55. The van der Waals surface area contributed by atoms with Gasteiger partial charge in [-0.25, -0.2) is 4.98 Å². The van der Waals surface area contributed by atoms with E-state index in [2.05, 4.69) is 4.98 Å². The molecule has 6 rings (SSSR count). The Bertz CT molecular complexity index is 1670. The van der Waals surface area contributed by atoms with Crippen molar-refractivity contribution in [3.8, 4) is 17.2 Å². The summed E-state index contributed by atoms with van der Waals surface area (Å²) in [6.45, 7) is 3.93. The number of phenols is 1. The molecule has 2 aliphatic rings. The molecule has 38 heavy (non-hydrogen) atoms. The average molecular weight is 529 g/mol. The number of benzene rings is 3. The molecule has 9 heteroatoms. The molecule has 0 bridgehead atoms. The molecule has 2 N–H and O–H groups in total. The molecule has 1 amide bonds. The number of aliphatic hydroxyl groups excluding tert-OH is 1. The van der Waals surface area contributed by atoms with Crippen LogP contribution in [0.25, 0.3) is 16.0 Å². The summed E-state index contributed by atoms with van der Waals surface area (Å²) in [5.41, 5.74) is 3.49. The summed E-state index contributed by atoms with van der Waals surface area (Å²) in [6.07, 6.45) is 0.689. The van der Waals surface area contributed by atoms with E-state index in [4.69, 9.17) is 9.47 Å². The third-order valence-electron chi connectivity index (χ3n) is 6.87. The molecule has 1 aromatic heterocycles. The lowest BCUT2D eigenvalue weighted by Crippen LogP contribution is -2.29. The Morgan fingerprint density at radius 3 is 2.74 bits per heavy atom. The molecule has 3 aromatic carbocycles. The first-order valence-corrected chi connectivity index (χ1v) is 12.9. The number of carbonyl (C=O) groups is 2. The molecule has 2 aliphatic heterocycles. The van der Waals surface area contributed by atoms with Crippen molar-refractivity contribution in [2.75, 3.05) is 12.0 Å². The molecule has 2 atom stereocenters. The molecule has 8 nitrogen and oxygen atoms in total. The number of nitrogens with zero attached hydrogens (tertiary/aromatic N) is 2. The first-order valence-electron chi connectivity index (χ1n) is 12.1. The van der Waals surface area contributed by atoms with E-state index in [1.165, 1.54) is 29.4 Å². The maximum Gasteiger partial charge on any atom is 0.301 e. The number of carbonyl (C=O) groups excluding carboxylic acids is 2. The van der Waals surface area contributed by atoms with Crippen molar-refractivity contribution in [1.82, 2.24) is 4.98 Å². The van der Waals surface area contributed by atoms with E-state index in [1.807, 2.05) is 32.0 Å².